The van der Waals surface area contributed by atoms with E-state index in [1.807, 2.05) is 0 Å². The van der Waals surface area contributed by atoms with Gasteiger partial charge in [0.15, 0.2) is 5.78 Å². The van der Waals surface area contributed by atoms with Crippen molar-refractivity contribution in [1.82, 2.24) is 24.9 Å². The first-order chi connectivity index (χ1) is 14.1. The van der Waals surface area contributed by atoms with Gasteiger partial charge in [0.05, 0.1) is 6.04 Å². The number of aromatic nitrogens is 4. The van der Waals surface area contributed by atoms with E-state index in [1.54, 1.807) is 26.0 Å². The molecule has 0 unspecified atom stereocenters. The maximum Gasteiger partial charge on any atom is 0.270 e. The predicted octanol–water partition coefficient (Wildman–Crippen LogP) is 0.523. The normalized spacial score (nSPS) is 11.4. The number of benzene rings is 1. The number of halogens is 1. The van der Waals surface area contributed by atoms with Crippen molar-refractivity contribution in [2.45, 2.75) is 33.4 Å². The minimum atomic E-state index is -0.509. The van der Waals surface area contributed by atoms with Crippen LogP contribution in [0.5, 0.6) is 0 Å². The van der Waals surface area contributed by atoms with Crippen molar-refractivity contribution in [3.05, 3.63) is 58.9 Å². The zero-order valence-electron chi connectivity index (χ0n) is 16.7. The van der Waals surface area contributed by atoms with E-state index in [9.17, 15) is 18.8 Å². The number of fused-ring (bicyclic) bond motifs is 1. The molecule has 3 aromatic rings. The summed E-state index contributed by atoms with van der Waals surface area (Å²) in [7, 11) is 0. The number of amides is 2. The van der Waals surface area contributed by atoms with E-state index >= 15 is 0 Å². The summed E-state index contributed by atoms with van der Waals surface area (Å²) in [5.41, 5.74) is 11.2. The van der Waals surface area contributed by atoms with E-state index in [-0.39, 0.29) is 35.3 Å². The fraction of sp³-hybridized carbons (Fsp3) is 0.263. The smallest absolute Gasteiger partial charge is 0.270 e. The number of carbonyl (C=O) groups is 3. The van der Waals surface area contributed by atoms with Gasteiger partial charge in [0.2, 0.25) is 5.91 Å². The number of primary amides is 1. The molecule has 2 aromatic heterocycles. The number of Topliss-reactive ketones (excluding diaryl/α,β-unsaturated/α-hetero) is 1. The first-order valence-corrected chi connectivity index (χ1v) is 8.90. The first-order valence-electron chi connectivity index (χ1n) is 8.90. The van der Waals surface area contributed by atoms with Gasteiger partial charge >= 0.3 is 0 Å². The molecule has 0 spiro atoms. The van der Waals surface area contributed by atoms with E-state index in [0.29, 0.717) is 5.56 Å². The zero-order valence-corrected chi connectivity index (χ0v) is 16.7. The summed E-state index contributed by atoms with van der Waals surface area (Å²) in [5.74, 6) is -1.29. The summed E-state index contributed by atoms with van der Waals surface area (Å²) in [6.07, 6.45) is 1.26. The maximum atomic E-state index is 13.3. The summed E-state index contributed by atoms with van der Waals surface area (Å²) < 4.78 is 14.5. The third-order valence-electron chi connectivity index (χ3n) is 3.97. The molecule has 0 bridgehead atoms. The highest BCUT2D eigenvalue weighted by molar-refractivity contribution is 5.98. The largest absolute Gasteiger partial charge is 0.368 e. The van der Waals surface area contributed by atoms with Gasteiger partial charge < -0.3 is 16.8 Å². The van der Waals surface area contributed by atoms with E-state index in [4.69, 9.17) is 5.73 Å². The molecule has 0 aliphatic rings. The molecular formula is C19H22FN7O3. The lowest BCUT2D eigenvalue weighted by atomic mass is 10.1. The average Bonchev–Trinajstić information content (AvgIpc) is 3.16. The van der Waals surface area contributed by atoms with Crippen molar-refractivity contribution in [2.24, 2.45) is 11.5 Å². The van der Waals surface area contributed by atoms with Gasteiger partial charge in [-0.05, 0) is 37.1 Å². The van der Waals surface area contributed by atoms with Crippen LogP contribution in [-0.2, 0) is 11.3 Å². The van der Waals surface area contributed by atoms with E-state index in [1.165, 1.54) is 29.9 Å². The molecule has 2 heterocycles. The minimum absolute atomic E-state index is 0.0690. The number of hydrogen-bond acceptors (Lipinski definition) is 7. The molecule has 0 aliphatic carbocycles. The van der Waals surface area contributed by atoms with Crippen LogP contribution in [-0.4, -0.2) is 43.2 Å². The molecule has 2 amide bonds. The van der Waals surface area contributed by atoms with Crippen LogP contribution in [0.2, 0.25) is 0 Å². The summed E-state index contributed by atoms with van der Waals surface area (Å²) in [4.78, 5) is 41.8. The van der Waals surface area contributed by atoms with Crippen LogP contribution in [0.15, 0.2) is 30.6 Å². The van der Waals surface area contributed by atoms with Gasteiger partial charge in [-0.15, -0.1) is 0 Å². The highest BCUT2D eigenvalue weighted by atomic mass is 19.1. The Kier molecular flexibility index (Phi) is 7.26. The molecule has 0 saturated heterocycles. The Balaban J connectivity index is 0.000000469. The second kappa shape index (κ2) is 9.65. The van der Waals surface area contributed by atoms with Gasteiger partial charge in [-0.2, -0.15) is 14.6 Å². The van der Waals surface area contributed by atoms with Crippen molar-refractivity contribution >= 4 is 23.4 Å². The standard InChI is InChI=1S/C16H14FN5O2.C3H8N2O/c1-9-5-11(3-4-12(9)17)7-18-15(24)13-6-14(10(2)23)22-16(21-13)19-8-20-22;1-2(4)3(5)6/h3-6,8H,7H2,1-2H3,(H,18,24);2H,4H2,1H3,(H2,5,6)/t;2-/m.1/s1. The van der Waals surface area contributed by atoms with Crippen LogP contribution < -0.4 is 16.8 Å². The molecule has 5 N–H and O–H groups in total. The summed E-state index contributed by atoms with van der Waals surface area (Å²) in [6.45, 7) is 4.79. The Morgan fingerprint density at radius 2 is 1.93 bits per heavy atom. The topological polar surface area (TPSA) is 158 Å². The molecule has 11 heteroatoms. The van der Waals surface area contributed by atoms with Crippen LogP contribution in [0.25, 0.3) is 5.78 Å². The number of hydrogen-bond donors (Lipinski definition) is 3. The Bertz CT molecular complexity index is 1090. The quantitative estimate of drug-likeness (QED) is 0.512. The van der Waals surface area contributed by atoms with E-state index in [2.05, 4.69) is 26.1 Å². The lowest BCUT2D eigenvalue weighted by Crippen LogP contribution is -2.32. The second-order valence-electron chi connectivity index (χ2n) is 6.51. The lowest BCUT2D eigenvalue weighted by molar-refractivity contribution is -0.118. The molecule has 1 aromatic carbocycles. The predicted molar refractivity (Wildman–Crippen MR) is 106 cm³/mol. The molecule has 158 valence electrons. The summed E-state index contributed by atoms with van der Waals surface area (Å²) >= 11 is 0. The fourth-order valence-corrected chi connectivity index (χ4v) is 2.27. The number of carbonyl (C=O) groups excluding carboxylic acids is 3. The van der Waals surface area contributed by atoms with Crippen LogP contribution >= 0.6 is 0 Å². The van der Waals surface area contributed by atoms with Gasteiger partial charge in [-0.1, -0.05) is 12.1 Å². The van der Waals surface area contributed by atoms with E-state index in [0.717, 1.165) is 5.56 Å². The average molecular weight is 415 g/mol. The Hall–Kier alpha value is -3.73. The molecule has 3 rings (SSSR count). The molecular weight excluding hydrogens is 393 g/mol. The maximum absolute atomic E-state index is 13.3. The summed E-state index contributed by atoms with van der Waals surface area (Å²) in [6, 6.07) is 5.47. The number of nitrogens with one attached hydrogen (secondary N) is 1. The van der Waals surface area contributed by atoms with Crippen LogP contribution in [0, 0.1) is 12.7 Å². The monoisotopic (exact) mass is 415 g/mol. The molecule has 0 radical (unpaired) electrons. The molecule has 0 aliphatic heterocycles. The number of aryl methyl sites for hydroxylation is 1. The fourth-order valence-electron chi connectivity index (χ4n) is 2.27. The molecule has 0 fully saturated rings. The zero-order chi connectivity index (χ0) is 22.4. The minimum Gasteiger partial charge on any atom is -0.368 e. The number of nitrogens with zero attached hydrogens (tertiary/aromatic N) is 4. The SMILES string of the molecule is CC(=O)c1cc(C(=O)NCc2ccc(F)c(C)c2)nc2ncnn12.C[C@@H](N)C(N)=O. The van der Waals surface area contributed by atoms with Crippen molar-refractivity contribution in [1.29, 1.82) is 0 Å². The Morgan fingerprint density at radius 1 is 1.27 bits per heavy atom. The van der Waals surface area contributed by atoms with Crippen molar-refractivity contribution in [3.63, 3.8) is 0 Å². The van der Waals surface area contributed by atoms with Crippen molar-refractivity contribution in [2.75, 3.05) is 0 Å². The van der Waals surface area contributed by atoms with Gasteiger partial charge in [-0.3, -0.25) is 14.4 Å². The van der Waals surface area contributed by atoms with E-state index < -0.39 is 17.9 Å². The van der Waals surface area contributed by atoms with Crippen LogP contribution in [0.1, 0.15) is 46.0 Å². The second-order valence-corrected chi connectivity index (χ2v) is 6.51. The number of ketones is 1. The van der Waals surface area contributed by atoms with Gasteiger partial charge in [-0.25, -0.2) is 9.37 Å². The first kappa shape index (κ1) is 22.6. The molecule has 0 saturated carbocycles. The molecule has 30 heavy (non-hydrogen) atoms. The lowest BCUT2D eigenvalue weighted by Gasteiger charge is -2.07. The van der Waals surface area contributed by atoms with Crippen molar-refractivity contribution < 1.29 is 18.8 Å². The number of rotatable bonds is 5. The third-order valence-corrected chi connectivity index (χ3v) is 3.97. The molecule has 1 atom stereocenters. The van der Waals surface area contributed by atoms with Gasteiger partial charge in [0.25, 0.3) is 11.7 Å². The van der Waals surface area contributed by atoms with Crippen LogP contribution in [0.4, 0.5) is 4.39 Å². The van der Waals surface area contributed by atoms with Crippen LogP contribution in [0.3, 0.4) is 0 Å². The van der Waals surface area contributed by atoms with Gasteiger partial charge in [0.1, 0.15) is 23.5 Å². The Labute approximate surface area is 171 Å². The Morgan fingerprint density at radius 3 is 2.50 bits per heavy atom. The number of nitrogens with two attached hydrogens (primary N) is 2. The highest BCUT2D eigenvalue weighted by Crippen LogP contribution is 2.10. The molecule has 10 nitrogen and oxygen atoms in total. The third kappa shape index (κ3) is 5.64. The highest BCUT2D eigenvalue weighted by Gasteiger charge is 2.15. The van der Waals surface area contributed by atoms with Crippen molar-refractivity contribution in [3.8, 4) is 0 Å². The summed E-state index contributed by atoms with van der Waals surface area (Å²) in [5, 5.41) is 6.60. The van der Waals surface area contributed by atoms with Gasteiger partial charge in [0, 0.05) is 13.5 Å².